The van der Waals surface area contributed by atoms with Crippen LogP contribution in [-0.4, -0.2) is 24.6 Å². The van der Waals surface area contributed by atoms with Crippen molar-refractivity contribution in [3.63, 3.8) is 0 Å². The van der Waals surface area contributed by atoms with E-state index in [0.29, 0.717) is 34.2 Å². The van der Waals surface area contributed by atoms with E-state index in [4.69, 9.17) is 37.1 Å². The summed E-state index contributed by atoms with van der Waals surface area (Å²) in [5.41, 5.74) is 1.51. The summed E-state index contributed by atoms with van der Waals surface area (Å²) in [6, 6.07) is 9.94. The molecule has 1 unspecified atom stereocenters. The van der Waals surface area contributed by atoms with Crippen molar-refractivity contribution >= 4 is 51.7 Å². The fourth-order valence-electron chi connectivity index (χ4n) is 2.74. The van der Waals surface area contributed by atoms with Gasteiger partial charge >= 0.3 is 5.97 Å². The van der Waals surface area contributed by atoms with Gasteiger partial charge < -0.3 is 19.2 Å². The molecule has 0 aliphatic carbocycles. The van der Waals surface area contributed by atoms with Gasteiger partial charge in [-0.2, -0.15) is 0 Å². The third-order valence-corrected chi connectivity index (χ3v) is 4.79. The average Bonchev–Trinajstić information content (AvgIpc) is 3.00. The highest BCUT2D eigenvalue weighted by Crippen LogP contribution is 2.30. The number of carbonyl (C=O) groups is 2. The fourth-order valence-corrected chi connectivity index (χ4v) is 3.20. The molecular weight excluding hydrogens is 417 g/mol. The molecule has 1 amide bonds. The molecule has 3 aromatic rings. The quantitative estimate of drug-likeness (QED) is 0.507. The predicted octanol–water partition coefficient (Wildman–Crippen LogP) is 5.63. The lowest BCUT2D eigenvalue weighted by molar-refractivity contribution is -0.123. The van der Waals surface area contributed by atoms with Gasteiger partial charge in [0.2, 0.25) is 5.76 Å². The summed E-state index contributed by atoms with van der Waals surface area (Å²) in [6.45, 7) is 5.62. The van der Waals surface area contributed by atoms with E-state index in [2.05, 4.69) is 5.32 Å². The number of hydrogen-bond acceptors (Lipinski definition) is 5. The van der Waals surface area contributed by atoms with Crippen LogP contribution in [0.1, 0.15) is 30.0 Å². The third-order valence-electron chi connectivity index (χ3n) is 4.25. The normalized spacial score (nSPS) is 11.9. The van der Waals surface area contributed by atoms with E-state index in [1.807, 2.05) is 6.92 Å². The molecule has 0 radical (unpaired) electrons. The zero-order valence-electron chi connectivity index (χ0n) is 16.0. The molecule has 1 aromatic heterocycles. The second-order valence-corrected chi connectivity index (χ2v) is 7.15. The number of aryl methyl sites for hydroxylation is 1. The van der Waals surface area contributed by atoms with Crippen LogP contribution in [0.4, 0.5) is 5.69 Å². The molecule has 1 N–H and O–H groups in total. The predicted molar refractivity (Wildman–Crippen MR) is 112 cm³/mol. The largest absolute Gasteiger partial charge is 0.494 e. The molecule has 1 heterocycles. The topological polar surface area (TPSA) is 77.8 Å². The Morgan fingerprint density at radius 1 is 1.17 bits per heavy atom. The third kappa shape index (κ3) is 4.66. The van der Waals surface area contributed by atoms with Crippen molar-refractivity contribution in [2.75, 3.05) is 11.9 Å². The Morgan fingerprint density at radius 3 is 2.62 bits per heavy atom. The number of anilines is 1. The number of nitrogens with one attached hydrogen (secondary N) is 1. The standard InChI is InChI=1S/C21H19Cl2NO5/c1-4-27-14-6-8-18-15(10-14)11(2)19(29-18)21(26)28-12(3)20(25)24-17-7-5-13(22)9-16(17)23/h5-10,12H,4H2,1-3H3,(H,24,25). The van der Waals surface area contributed by atoms with Crippen molar-refractivity contribution in [3.8, 4) is 5.75 Å². The first-order chi connectivity index (χ1) is 13.8. The molecule has 0 saturated heterocycles. The summed E-state index contributed by atoms with van der Waals surface area (Å²) in [5.74, 6) is -0.550. The first kappa shape index (κ1) is 21.0. The van der Waals surface area contributed by atoms with E-state index in [-0.39, 0.29) is 10.8 Å². The fraction of sp³-hybridized carbons (Fsp3) is 0.238. The van der Waals surface area contributed by atoms with Crippen LogP contribution in [0.5, 0.6) is 5.75 Å². The summed E-state index contributed by atoms with van der Waals surface area (Å²) in [7, 11) is 0. The van der Waals surface area contributed by atoms with Gasteiger partial charge in [-0.15, -0.1) is 0 Å². The molecule has 2 aromatic carbocycles. The van der Waals surface area contributed by atoms with Gasteiger partial charge in [0.25, 0.3) is 5.91 Å². The van der Waals surface area contributed by atoms with Gasteiger partial charge in [0, 0.05) is 16.0 Å². The highest BCUT2D eigenvalue weighted by molar-refractivity contribution is 6.36. The minimum Gasteiger partial charge on any atom is -0.494 e. The Bertz CT molecular complexity index is 1080. The first-order valence-corrected chi connectivity index (χ1v) is 9.68. The summed E-state index contributed by atoms with van der Waals surface area (Å²) in [4.78, 5) is 24.9. The monoisotopic (exact) mass is 435 g/mol. The molecule has 8 heteroatoms. The maximum absolute atomic E-state index is 12.6. The number of hydrogen-bond donors (Lipinski definition) is 1. The first-order valence-electron chi connectivity index (χ1n) is 8.93. The van der Waals surface area contributed by atoms with Crippen molar-refractivity contribution in [2.45, 2.75) is 26.9 Å². The Morgan fingerprint density at radius 2 is 1.93 bits per heavy atom. The molecule has 0 bridgehead atoms. The summed E-state index contributed by atoms with van der Waals surface area (Å²) >= 11 is 11.9. The number of carbonyl (C=O) groups excluding carboxylic acids is 2. The Kier molecular flexibility index (Phi) is 6.35. The second kappa shape index (κ2) is 8.76. The Labute approximate surface area is 177 Å². The molecule has 0 saturated carbocycles. The van der Waals surface area contributed by atoms with Gasteiger partial charge in [0.1, 0.15) is 11.3 Å². The molecule has 0 aliphatic rings. The van der Waals surface area contributed by atoms with Crippen LogP contribution in [0, 0.1) is 6.92 Å². The minimum absolute atomic E-state index is 0.0397. The van der Waals surface area contributed by atoms with Crippen LogP contribution in [0.3, 0.4) is 0 Å². The van der Waals surface area contributed by atoms with Crippen molar-refractivity contribution in [3.05, 3.63) is 57.8 Å². The van der Waals surface area contributed by atoms with Crippen molar-refractivity contribution < 1.29 is 23.5 Å². The zero-order chi connectivity index (χ0) is 21.1. The van der Waals surface area contributed by atoms with Crippen molar-refractivity contribution in [1.29, 1.82) is 0 Å². The van der Waals surface area contributed by atoms with Crippen molar-refractivity contribution in [1.82, 2.24) is 0 Å². The lowest BCUT2D eigenvalue weighted by atomic mass is 10.1. The number of fused-ring (bicyclic) bond motifs is 1. The van der Waals surface area contributed by atoms with Crippen LogP contribution < -0.4 is 10.1 Å². The number of esters is 1. The summed E-state index contributed by atoms with van der Waals surface area (Å²) in [6.07, 6.45) is -1.07. The van der Waals surface area contributed by atoms with Crippen LogP contribution in [0.2, 0.25) is 10.0 Å². The van der Waals surface area contributed by atoms with E-state index in [1.165, 1.54) is 13.0 Å². The molecule has 3 rings (SSSR count). The van der Waals surface area contributed by atoms with Gasteiger partial charge in [-0.05, 0) is 57.2 Å². The highest BCUT2D eigenvalue weighted by Gasteiger charge is 2.25. The lowest BCUT2D eigenvalue weighted by Crippen LogP contribution is -2.30. The van der Waals surface area contributed by atoms with Crippen molar-refractivity contribution in [2.24, 2.45) is 0 Å². The number of amides is 1. The Hall–Kier alpha value is -2.70. The second-order valence-electron chi connectivity index (χ2n) is 6.31. The zero-order valence-corrected chi connectivity index (χ0v) is 17.6. The van der Waals surface area contributed by atoms with Crippen LogP contribution >= 0.6 is 23.2 Å². The smallest absolute Gasteiger partial charge is 0.375 e. The molecule has 0 fully saturated rings. The number of halogens is 2. The van der Waals surface area contributed by atoms with Gasteiger partial charge in [0.15, 0.2) is 6.10 Å². The van der Waals surface area contributed by atoms with Crippen LogP contribution in [0.15, 0.2) is 40.8 Å². The SMILES string of the molecule is CCOc1ccc2oc(C(=O)OC(C)C(=O)Nc3ccc(Cl)cc3Cl)c(C)c2c1. The molecular formula is C21H19Cl2NO5. The average molecular weight is 436 g/mol. The van der Waals surface area contributed by atoms with E-state index in [0.717, 1.165) is 5.39 Å². The maximum Gasteiger partial charge on any atom is 0.375 e. The molecule has 1 atom stereocenters. The molecule has 0 aliphatic heterocycles. The van der Waals surface area contributed by atoms with Gasteiger partial charge in [-0.1, -0.05) is 23.2 Å². The maximum atomic E-state index is 12.6. The lowest BCUT2D eigenvalue weighted by Gasteiger charge is -2.14. The summed E-state index contributed by atoms with van der Waals surface area (Å²) < 4.78 is 16.4. The highest BCUT2D eigenvalue weighted by atomic mass is 35.5. The number of rotatable bonds is 6. The molecule has 6 nitrogen and oxygen atoms in total. The minimum atomic E-state index is -1.07. The van der Waals surface area contributed by atoms with E-state index in [9.17, 15) is 9.59 Å². The van der Waals surface area contributed by atoms with Gasteiger partial charge in [-0.3, -0.25) is 4.79 Å². The van der Waals surface area contributed by atoms with Crippen LogP contribution in [-0.2, 0) is 9.53 Å². The van der Waals surface area contributed by atoms with E-state index in [1.54, 1.807) is 37.3 Å². The van der Waals surface area contributed by atoms with E-state index >= 15 is 0 Å². The van der Waals surface area contributed by atoms with Gasteiger partial charge in [0.05, 0.1) is 17.3 Å². The number of benzene rings is 2. The van der Waals surface area contributed by atoms with Gasteiger partial charge in [-0.25, -0.2) is 4.79 Å². The van der Waals surface area contributed by atoms with Crippen LogP contribution in [0.25, 0.3) is 11.0 Å². The molecule has 152 valence electrons. The summed E-state index contributed by atoms with van der Waals surface area (Å²) in [5, 5.41) is 4.07. The Balaban J connectivity index is 1.73. The molecule has 0 spiro atoms. The van der Waals surface area contributed by atoms with E-state index < -0.39 is 18.0 Å². The number of ether oxygens (including phenoxy) is 2. The molecule has 29 heavy (non-hydrogen) atoms. The number of furan rings is 1.